The molecule has 0 amide bonds. The largest absolute Gasteiger partial charge is 0.394 e. The van der Waals surface area contributed by atoms with Crippen molar-refractivity contribution >= 4 is 5.84 Å². The molecule has 0 fully saturated rings. The number of alkyl halides is 1. The van der Waals surface area contributed by atoms with Gasteiger partial charge in [-0.2, -0.15) is 0 Å². The molecule has 3 atom stereocenters. The molecular weight excluding hydrogens is 251 g/mol. The molecule has 2 N–H and O–H groups in total. The number of aliphatic hydroxyl groups excluding tert-OH is 2. The van der Waals surface area contributed by atoms with Gasteiger partial charge in [-0.3, -0.25) is 4.99 Å². The third-order valence-electron chi connectivity index (χ3n) is 2.73. The molecule has 0 aliphatic rings. The quantitative estimate of drug-likeness (QED) is 0.535. The Morgan fingerprint density at radius 1 is 1.42 bits per heavy atom. The molecule has 5 nitrogen and oxygen atoms in total. The zero-order valence-electron chi connectivity index (χ0n) is 12.7. The molecule has 0 heterocycles. The summed E-state index contributed by atoms with van der Waals surface area (Å²) in [4.78, 5) is 6.13. The number of hydrogen-bond donors (Lipinski definition) is 2. The van der Waals surface area contributed by atoms with E-state index in [2.05, 4.69) is 4.99 Å². The Morgan fingerprint density at radius 2 is 1.95 bits per heavy atom. The van der Waals surface area contributed by atoms with Gasteiger partial charge in [0, 0.05) is 14.1 Å². The lowest BCUT2D eigenvalue weighted by Gasteiger charge is -2.28. The number of ether oxygens (including phenoxy) is 1. The summed E-state index contributed by atoms with van der Waals surface area (Å²) >= 11 is 0. The minimum atomic E-state index is -1.44. The Bertz CT molecular complexity index is 290. The number of aliphatic imine (C=N–C) groups is 1. The lowest BCUT2D eigenvalue weighted by atomic mass is 10.1. The van der Waals surface area contributed by atoms with E-state index >= 15 is 0 Å². The number of nitrogens with zero attached hydrogens (tertiary/aromatic N) is 2. The van der Waals surface area contributed by atoms with Crippen LogP contribution in [-0.4, -0.2) is 72.2 Å². The summed E-state index contributed by atoms with van der Waals surface area (Å²) in [6, 6.07) is -0.630. The predicted octanol–water partition coefficient (Wildman–Crippen LogP) is 0.841. The Kier molecular flexibility index (Phi) is 7.47. The van der Waals surface area contributed by atoms with Gasteiger partial charge in [0.25, 0.3) is 0 Å². The van der Waals surface area contributed by atoms with Gasteiger partial charge in [0.1, 0.15) is 17.8 Å². The molecule has 0 saturated carbocycles. The lowest BCUT2D eigenvalue weighted by Crippen LogP contribution is -2.41. The summed E-state index contributed by atoms with van der Waals surface area (Å²) in [5.74, 6) is 0.701. The van der Waals surface area contributed by atoms with Crippen molar-refractivity contribution in [3.63, 3.8) is 0 Å². The first-order valence-corrected chi connectivity index (χ1v) is 6.39. The van der Waals surface area contributed by atoms with Crippen LogP contribution in [0.4, 0.5) is 4.39 Å². The van der Waals surface area contributed by atoms with Gasteiger partial charge in [-0.25, -0.2) is 4.39 Å². The van der Waals surface area contributed by atoms with Crippen molar-refractivity contribution in [2.45, 2.75) is 51.6 Å². The van der Waals surface area contributed by atoms with Gasteiger partial charge >= 0.3 is 0 Å². The molecule has 0 bridgehead atoms. The minimum absolute atomic E-state index is 0.0840. The van der Waals surface area contributed by atoms with Crippen LogP contribution in [0, 0.1) is 0 Å². The average Bonchev–Trinajstić information content (AvgIpc) is 2.30. The zero-order chi connectivity index (χ0) is 15.2. The molecule has 0 aliphatic heterocycles. The van der Waals surface area contributed by atoms with Gasteiger partial charge in [0.05, 0.1) is 25.2 Å². The number of amidine groups is 1. The normalized spacial score (nSPS) is 18.1. The van der Waals surface area contributed by atoms with Gasteiger partial charge in [-0.15, -0.1) is 0 Å². The van der Waals surface area contributed by atoms with Crippen LogP contribution >= 0.6 is 0 Å². The fourth-order valence-electron chi connectivity index (χ4n) is 1.37. The van der Waals surface area contributed by atoms with Crippen LogP contribution in [0.2, 0.25) is 0 Å². The fraction of sp³-hybridized carbons (Fsp3) is 0.923. The number of halogens is 1. The predicted molar refractivity (Wildman–Crippen MR) is 74.3 cm³/mol. The molecule has 0 aliphatic carbocycles. The molecule has 0 aromatic rings. The highest BCUT2D eigenvalue weighted by atomic mass is 19.1. The van der Waals surface area contributed by atoms with Crippen LogP contribution in [0.25, 0.3) is 0 Å². The van der Waals surface area contributed by atoms with Gasteiger partial charge in [0.2, 0.25) is 0 Å². The van der Waals surface area contributed by atoms with E-state index in [1.165, 1.54) is 13.8 Å². The fourth-order valence-corrected chi connectivity index (χ4v) is 1.37. The van der Waals surface area contributed by atoms with Crippen molar-refractivity contribution in [2.75, 3.05) is 27.3 Å². The first kappa shape index (κ1) is 18.3. The SMILES string of the molecule is CC(=N[C@H]([C@@H](O)CO)[C@@H](C)OCC(C)(C)F)N(C)C. The molecule has 0 saturated heterocycles. The topological polar surface area (TPSA) is 65.3 Å². The molecule has 0 rings (SSSR count). The minimum Gasteiger partial charge on any atom is -0.394 e. The second kappa shape index (κ2) is 7.77. The molecule has 114 valence electrons. The first-order valence-electron chi connectivity index (χ1n) is 6.39. The summed E-state index contributed by atoms with van der Waals surface area (Å²) in [5.41, 5.74) is -1.44. The Hall–Kier alpha value is -0.720. The van der Waals surface area contributed by atoms with E-state index in [-0.39, 0.29) is 6.61 Å². The highest BCUT2D eigenvalue weighted by Gasteiger charge is 2.27. The number of hydrogen-bond acceptors (Lipinski definition) is 4. The monoisotopic (exact) mass is 278 g/mol. The van der Waals surface area contributed by atoms with Gasteiger partial charge in [-0.05, 0) is 27.7 Å². The van der Waals surface area contributed by atoms with Gasteiger partial charge in [0.15, 0.2) is 0 Å². The van der Waals surface area contributed by atoms with E-state index in [1.807, 2.05) is 14.1 Å². The molecular formula is C13H27FN2O3. The molecule has 19 heavy (non-hydrogen) atoms. The van der Waals surface area contributed by atoms with Crippen LogP contribution in [0.5, 0.6) is 0 Å². The summed E-state index contributed by atoms with van der Waals surface area (Å²) in [6.07, 6.45) is -1.53. The maximum absolute atomic E-state index is 13.4. The Morgan fingerprint density at radius 3 is 2.32 bits per heavy atom. The molecule has 0 unspecified atom stereocenters. The molecule has 0 radical (unpaired) electrons. The summed E-state index contributed by atoms with van der Waals surface area (Å²) < 4.78 is 18.8. The second-order valence-corrected chi connectivity index (χ2v) is 5.55. The number of rotatable bonds is 7. The van der Waals surface area contributed by atoms with Gasteiger partial charge in [-0.1, -0.05) is 0 Å². The van der Waals surface area contributed by atoms with Crippen LogP contribution in [-0.2, 0) is 4.74 Å². The van der Waals surface area contributed by atoms with E-state index in [1.54, 1.807) is 18.7 Å². The van der Waals surface area contributed by atoms with E-state index in [0.717, 1.165) is 0 Å². The highest BCUT2D eigenvalue weighted by Crippen LogP contribution is 2.15. The van der Waals surface area contributed by atoms with Crippen LogP contribution < -0.4 is 0 Å². The third-order valence-corrected chi connectivity index (χ3v) is 2.73. The van der Waals surface area contributed by atoms with Crippen molar-refractivity contribution in [1.82, 2.24) is 4.90 Å². The maximum Gasteiger partial charge on any atom is 0.128 e. The second-order valence-electron chi connectivity index (χ2n) is 5.55. The third kappa shape index (κ3) is 7.44. The average molecular weight is 278 g/mol. The van der Waals surface area contributed by atoms with Crippen LogP contribution in [0.15, 0.2) is 4.99 Å². The summed E-state index contributed by atoms with van der Waals surface area (Å²) in [5, 5.41) is 18.9. The smallest absolute Gasteiger partial charge is 0.128 e. The Labute approximate surface area is 115 Å². The van der Waals surface area contributed by atoms with Crippen LogP contribution in [0.3, 0.4) is 0 Å². The van der Waals surface area contributed by atoms with Crippen molar-refractivity contribution in [1.29, 1.82) is 0 Å². The van der Waals surface area contributed by atoms with Crippen molar-refractivity contribution < 1.29 is 19.3 Å². The molecule has 0 aromatic heterocycles. The molecule has 0 spiro atoms. The van der Waals surface area contributed by atoms with Crippen LogP contribution in [0.1, 0.15) is 27.7 Å². The van der Waals surface area contributed by atoms with Crippen molar-refractivity contribution in [3.8, 4) is 0 Å². The van der Waals surface area contributed by atoms with E-state index < -0.39 is 30.5 Å². The van der Waals surface area contributed by atoms with Crippen molar-refractivity contribution in [2.24, 2.45) is 4.99 Å². The lowest BCUT2D eigenvalue weighted by molar-refractivity contribution is -0.0439. The summed E-state index contributed by atoms with van der Waals surface area (Å²) in [6.45, 7) is 5.85. The zero-order valence-corrected chi connectivity index (χ0v) is 12.7. The van der Waals surface area contributed by atoms with Crippen molar-refractivity contribution in [3.05, 3.63) is 0 Å². The highest BCUT2D eigenvalue weighted by molar-refractivity contribution is 5.79. The van der Waals surface area contributed by atoms with E-state index in [4.69, 9.17) is 9.84 Å². The van der Waals surface area contributed by atoms with E-state index in [0.29, 0.717) is 5.84 Å². The maximum atomic E-state index is 13.4. The van der Waals surface area contributed by atoms with Gasteiger partial charge < -0.3 is 19.8 Å². The standard InChI is InChI=1S/C13H27FN2O3/c1-9(19-8-13(3,4)14)12(11(18)7-17)15-10(2)16(5)6/h9,11-12,17-18H,7-8H2,1-6H3/t9-,11+,12+/m1/s1. The summed E-state index contributed by atoms with van der Waals surface area (Å²) in [7, 11) is 3.66. The van der Waals surface area contributed by atoms with E-state index in [9.17, 15) is 9.50 Å². The molecule has 6 heteroatoms. The number of aliphatic hydroxyl groups is 2. The molecule has 0 aromatic carbocycles. The Balaban J connectivity index is 4.80. The first-order chi connectivity index (χ1) is 8.58.